The summed E-state index contributed by atoms with van der Waals surface area (Å²) in [5.41, 5.74) is 6.25. The van der Waals surface area contributed by atoms with Crippen molar-refractivity contribution in [3.8, 4) is 0 Å². The lowest BCUT2D eigenvalue weighted by Gasteiger charge is -2.03. The maximum atomic E-state index is 10.8. The molecular weight excluding hydrogens is 220 g/mol. The molecule has 0 aliphatic rings. The number of aromatic amines is 1. The summed E-state index contributed by atoms with van der Waals surface area (Å²) in [5.74, 6) is 0.0241. The smallest absolute Gasteiger partial charge is 0.269 e. The van der Waals surface area contributed by atoms with Crippen LogP contribution in [0.2, 0.25) is 0 Å². The Morgan fingerprint density at radius 3 is 2.88 bits per heavy atom. The Bertz CT molecular complexity index is 478. The molecule has 17 heavy (non-hydrogen) atoms. The minimum Gasteiger partial charge on any atom is -0.368 e. The van der Waals surface area contributed by atoms with E-state index in [2.05, 4.69) is 25.5 Å². The largest absolute Gasteiger partial charge is 0.368 e. The predicted octanol–water partition coefficient (Wildman–Crippen LogP) is -0.0468. The van der Waals surface area contributed by atoms with Crippen LogP contribution in [0.4, 0.5) is 5.82 Å². The molecule has 0 fully saturated rings. The molecule has 0 bridgehead atoms. The zero-order valence-corrected chi connectivity index (χ0v) is 9.05. The molecule has 88 valence electrons. The Labute approximate surface area is 97.5 Å². The predicted molar refractivity (Wildman–Crippen MR) is 61.3 cm³/mol. The number of carbonyl (C=O) groups is 1. The Morgan fingerprint density at radius 1 is 1.41 bits per heavy atom. The molecule has 7 nitrogen and oxygen atoms in total. The number of nitrogens with one attached hydrogen (secondary N) is 2. The van der Waals surface area contributed by atoms with Gasteiger partial charge in [0.15, 0.2) is 5.69 Å². The van der Waals surface area contributed by atoms with Crippen LogP contribution in [0, 0.1) is 0 Å². The van der Waals surface area contributed by atoms with Crippen LogP contribution in [0.3, 0.4) is 0 Å². The number of imidazole rings is 1. The van der Waals surface area contributed by atoms with Crippen molar-refractivity contribution in [3.05, 3.63) is 36.0 Å². The first-order valence-corrected chi connectivity index (χ1v) is 5.10. The number of hydrogen-bond acceptors (Lipinski definition) is 5. The zero-order valence-electron chi connectivity index (χ0n) is 9.05. The van der Waals surface area contributed by atoms with Gasteiger partial charge in [-0.15, -0.1) is 10.2 Å². The van der Waals surface area contributed by atoms with E-state index in [0.29, 0.717) is 12.4 Å². The summed E-state index contributed by atoms with van der Waals surface area (Å²) in [4.78, 5) is 17.7. The molecule has 2 heterocycles. The maximum absolute atomic E-state index is 10.8. The molecule has 4 N–H and O–H groups in total. The molecule has 2 aromatic rings. The van der Waals surface area contributed by atoms with Crippen LogP contribution in [0.1, 0.15) is 16.2 Å². The fourth-order valence-electron chi connectivity index (χ4n) is 1.30. The minimum absolute atomic E-state index is 0.157. The normalized spacial score (nSPS) is 10.1. The summed E-state index contributed by atoms with van der Waals surface area (Å²) >= 11 is 0. The summed E-state index contributed by atoms with van der Waals surface area (Å²) in [5, 5.41) is 10.6. The van der Waals surface area contributed by atoms with E-state index in [9.17, 15) is 4.79 Å². The highest BCUT2D eigenvalue weighted by Crippen LogP contribution is 2.02. The van der Waals surface area contributed by atoms with Crippen LogP contribution in [-0.2, 0) is 6.42 Å². The number of hydrogen-bond donors (Lipinski definition) is 3. The summed E-state index contributed by atoms with van der Waals surface area (Å²) in [6.45, 7) is 0.701. The summed E-state index contributed by atoms with van der Waals surface area (Å²) in [6, 6.07) is 3.20. The number of carbonyl (C=O) groups excluding carboxylic acids is 1. The number of rotatable bonds is 5. The number of anilines is 1. The second-order valence-electron chi connectivity index (χ2n) is 3.42. The van der Waals surface area contributed by atoms with Crippen LogP contribution in [0.15, 0.2) is 24.7 Å². The number of amides is 1. The van der Waals surface area contributed by atoms with Crippen molar-refractivity contribution in [2.24, 2.45) is 5.73 Å². The van der Waals surface area contributed by atoms with E-state index in [4.69, 9.17) is 5.73 Å². The van der Waals surface area contributed by atoms with Gasteiger partial charge in [0.05, 0.1) is 6.33 Å². The van der Waals surface area contributed by atoms with Gasteiger partial charge in [-0.2, -0.15) is 0 Å². The number of aromatic nitrogens is 4. The first kappa shape index (κ1) is 11.1. The molecule has 2 rings (SSSR count). The van der Waals surface area contributed by atoms with E-state index in [0.717, 1.165) is 12.1 Å². The number of H-pyrrole nitrogens is 1. The van der Waals surface area contributed by atoms with Crippen molar-refractivity contribution in [2.75, 3.05) is 11.9 Å². The monoisotopic (exact) mass is 232 g/mol. The van der Waals surface area contributed by atoms with Crippen molar-refractivity contribution in [3.63, 3.8) is 0 Å². The quantitative estimate of drug-likeness (QED) is 0.669. The van der Waals surface area contributed by atoms with E-state index >= 15 is 0 Å². The van der Waals surface area contributed by atoms with Crippen molar-refractivity contribution in [1.82, 2.24) is 20.2 Å². The van der Waals surface area contributed by atoms with Gasteiger partial charge in [0.25, 0.3) is 5.91 Å². The second kappa shape index (κ2) is 5.06. The molecule has 0 aliphatic carbocycles. The molecule has 0 aromatic carbocycles. The highest BCUT2D eigenvalue weighted by atomic mass is 16.1. The van der Waals surface area contributed by atoms with E-state index in [1.165, 1.54) is 6.07 Å². The summed E-state index contributed by atoms with van der Waals surface area (Å²) in [7, 11) is 0. The molecule has 0 saturated heterocycles. The van der Waals surface area contributed by atoms with E-state index in [1.54, 1.807) is 18.6 Å². The first-order valence-electron chi connectivity index (χ1n) is 5.10. The molecular formula is C10H12N6O. The van der Waals surface area contributed by atoms with Crippen LogP contribution < -0.4 is 11.1 Å². The third-order valence-electron chi connectivity index (χ3n) is 2.17. The zero-order chi connectivity index (χ0) is 12.1. The molecule has 7 heteroatoms. The lowest BCUT2D eigenvalue weighted by Crippen LogP contribution is -2.14. The van der Waals surface area contributed by atoms with Crippen molar-refractivity contribution < 1.29 is 4.79 Å². The molecule has 0 unspecified atom stereocenters. The topological polar surface area (TPSA) is 110 Å². The van der Waals surface area contributed by atoms with Gasteiger partial charge < -0.3 is 16.0 Å². The SMILES string of the molecule is NC(=O)c1ccc(NCCc2cnc[nH]2)nn1. The first-order chi connectivity index (χ1) is 8.25. The number of primary amides is 1. The average Bonchev–Trinajstić information content (AvgIpc) is 2.83. The van der Waals surface area contributed by atoms with Gasteiger partial charge in [-0.1, -0.05) is 0 Å². The van der Waals surface area contributed by atoms with Gasteiger partial charge in [0, 0.05) is 24.9 Å². The minimum atomic E-state index is -0.582. The van der Waals surface area contributed by atoms with Gasteiger partial charge in [-0.3, -0.25) is 4.79 Å². The lowest BCUT2D eigenvalue weighted by molar-refractivity contribution is 0.0994. The highest BCUT2D eigenvalue weighted by Gasteiger charge is 2.02. The molecule has 0 aliphatic heterocycles. The number of nitrogens with two attached hydrogens (primary N) is 1. The van der Waals surface area contributed by atoms with Gasteiger partial charge >= 0.3 is 0 Å². The standard InChI is InChI=1S/C10H12N6O/c11-10(17)8-1-2-9(16-15-8)13-4-3-7-5-12-6-14-7/h1-2,5-6H,3-4H2,(H2,11,17)(H,12,14)(H,13,16). The highest BCUT2D eigenvalue weighted by molar-refractivity contribution is 5.90. The van der Waals surface area contributed by atoms with Crippen LogP contribution in [0.5, 0.6) is 0 Å². The third-order valence-corrected chi connectivity index (χ3v) is 2.17. The van der Waals surface area contributed by atoms with Gasteiger partial charge in [0.1, 0.15) is 5.82 Å². The van der Waals surface area contributed by atoms with Gasteiger partial charge in [-0.25, -0.2) is 4.98 Å². The van der Waals surface area contributed by atoms with E-state index in [1.807, 2.05) is 0 Å². The molecule has 0 atom stereocenters. The lowest BCUT2D eigenvalue weighted by atomic mass is 10.3. The third kappa shape index (κ3) is 3.00. The Morgan fingerprint density at radius 2 is 2.29 bits per heavy atom. The Hall–Kier alpha value is -2.44. The van der Waals surface area contributed by atoms with Crippen LogP contribution >= 0.6 is 0 Å². The van der Waals surface area contributed by atoms with Crippen molar-refractivity contribution in [2.45, 2.75) is 6.42 Å². The fraction of sp³-hybridized carbons (Fsp3) is 0.200. The average molecular weight is 232 g/mol. The van der Waals surface area contributed by atoms with Crippen LogP contribution in [-0.4, -0.2) is 32.6 Å². The van der Waals surface area contributed by atoms with E-state index in [-0.39, 0.29) is 5.69 Å². The number of nitrogens with zero attached hydrogens (tertiary/aromatic N) is 3. The van der Waals surface area contributed by atoms with Crippen LogP contribution in [0.25, 0.3) is 0 Å². The van der Waals surface area contributed by atoms with E-state index < -0.39 is 5.91 Å². The summed E-state index contributed by atoms with van der Waals surface area (Å²) in [6.07, 6.45) is 4.21. The maximum Gasteiger partial charge on any atom is 0.269 e. The molecule has 2 aromatic heterocycles. The second-order valence-corrected chi connectivity index (χ2v) is 3.42. The van der Waals surface area contributed by atoms with Gasteiger partial charge in [0.2, 0.25) is 0 Å². The fourth-order valence-corrected chi connectivity index (χ4v) is 1.30. The Balaban J connectivity index is 1.85. The van der Waals surface area contributed by atoms with Crippen molar-refractivity contribution >= 4 is 11.7 Å². The Kier molecular flexibility index (Phi) is 3.29. The van der Waals surface area contributed by atoms with Crippen molar-refractivity contribution in [1.29, 1.82) is 0 Å². The molecule has 0 radical (unpaired) electrons. The summed E-state index contributed by atoms with van der Waals surface area (Å²) < 4.78 is 0. The molecule has 0 saturated carbocycles. The van der Waals surface area contributed by atoms with Gasteiger partial charge in [-0.05, 0) is 12.1 Å². The molecule has 0 spiro atoms. The molecule has 1 amide bonds.